The number of amides is 1. The van der Waals surface area contributed by atoms with E-state index in [1.807, 2.05) is 12.1 Å². The van der Waals surface area contributed by atoms with Crippen LogP contribution < -0.4 is 5.73 Å². The second-order valence-corrected chi connectivity index (χ2v) is 5.40. The van der Waals surface area contributed by atoms with Crippen molar-refractivity contribution in [1.82, 2.24) is 19.5 Å². The fraction of sp³-hybridized carbons (Fsp3) is 0.250. The Morgan fingerprint density at radius 1 is 1.45 bits per heavy atom. The van der Waals surface area contributed by atoms with Crippen LogP contribution in [0.15, 0.2) is 30.7 Å². The summed E-state index contributed by atoms with van der Waals surface area (Å²) in [6.45, 7) is 0.911. The van der Waals surface area contributed by atoms with E-state index in [4.69, 9.17) is 18.0 Å². The molecule has 0 saturated carbocycles. The maximum absolute atomic E-state index is 12.4. The number of rotatable bonds is 6. The molecule has 2 heterocycles. The number of nitrogens with zero attached hydrogens (tertiary/aromatic N) is 4. The predicted molar refractivity (Wildman–Crippen MR) is 80.3 cm³/mol. The normalized spacial score (nSPS) is 10.2. The number of hydrogen-bond acceptors (Lipinski definition) is 6. The highest BCUT2D eigenvalue weighted by Gasteiger charge is 2.18. The molecule has 0 aliphatic heterocycles. The Kier molecular flexibility index (Phi) is 5.08. The topological polar surface area (TPSA) is 85.0 Å². The van der Waals surface area contributed by atoms with E-state index in [0.717, 1.165) is 17.1 Å². The maximum atomic E-state index is 12.4. The van der Waals surface area contributed by atoms with Crippen molar-refractivity contribution in [2.24, 2.45) is 5.73 Å². The van der Waals surface area contributed by atoms with Gasteiger partial charge in [-0.25, -0.2) is 0 Å². The lowest BCUT2D eigenvalue weighted by molar-refractivity contribution is 0.0752. The molecule has 0 saturated heterocycles. The zero-order chi connectivity index (χ0) is 14.4. The van der Waals surface area contributed by atoms with Crippen LogP contribution in [0.25, 0.3) is 0 Å². The molecule has 2 N–H and O–H groups in total. The lowest BCUT2D eigenvalue weighted by atomic mass is 10.2. The summed E-state index contributed by atoms with van der Waals surface area (Å²) in [5.74, 6) is -0.125. The summed E-state index contributed by atoms with van der Waals surface area (Å²) in [6.07, 6.45) is 5.36. The van der Waals surface area contributed by atoms with Crippen LogP contribution in [0.3, 0.4) is 0 Å². The van der Waals surface area contributed by atoms with Gasteiger partial charge in [0.2, 0.25) is 0 Å². The highest BCUT2D eigenvalue weighted by Crippen LogP contribution is 2.11. The zero-order valence-corrected chi connectivity index (χ0v) is 12.2. The van der Waals surface area contributed by atoms with E-state index in [1.165, 1.54) is 6.20 Å². The van der Waals surface area contributed by atoms with Crippen LogP contribution in [-0.4, -0.2) is 36.9 Å². The molecule has 0 radical (unpaired) electrons. The molecule has 0 unspecified atom stereocenters. The van der Waals surface area contributed by atoms with Crippen molar-refractivity contribution in [3.05, 3.63) is 41.2 Å². The fourth-order valence-electron chi connectivity index (χ4n) is 1.63. The number of carbonyl (C=O) groups is 1. The van der Waals surface area contributed by atoms with E-state index in [2.05, 4.69) is 14.6 Å². The molecule has 0 aliphatic rings. The Hall–Kier alpha value is -1.93. The molecule has 104 valence electrons. The van der Waals surface area contributed by atoms with Crippen molar-refractivity contribution in [2.45, 2.75) is 13.0 Å². The minimum Gasteiger partial charge on any atom is -0.393 e. The number of carbonyl (C=O) groups excluding carboxylic acids is 1. The third-order valence-electron chi connectivity index (χ3n) is 2.58. The average molecular weight is 307 g/mol. The van der Waals surface area contributed by atoms with Gasteiger partial charge in [-0.1, -0.05) is 22.8 Å². The van der Waals surface area contributed by atoms with Crippen molar-refractivity contribution >= 4 is 34.6 Å². The SMILES string of the molecule is NC(=S)CCN(Cc1cccnc1)C(=O)c1cnns1. The summed E-state index contributed by atoms with van der Waals surface area (Å²) in [7, 11) is 0. The van der Waals surface area contributed by atoms with Gasteiger partial charge in [-0.15, -0.1) is 5.10 Å². The lowest BCUT2D eigenvalue weighted by Gasteiger charge is -2.21. The van der Waals surface area contributed by atoms with Gasteiger partial charge in [0.05, 0.1) is 11.2 Å². The largest absolute Gasteiger partial charge is 0.393 e. The fourth-order valence-corrected chi connectivity index (χ4v) is 2.20. The smallest absolute Gasteiger partial charge is 0.267 e. The molecule has 0 atom stereocenters. The van der Waals surface area contributed by atoms with E-state index in [0.29, 0.717) is 29.4 Å². The van der Waals surface area contributed by atoms with Crippen LogP contribution in [-0.2, 0) is 6.54 Å². The van der Waals surface area contributed by atoms with Gasteiger partial charge in [0.25, 0.3) is 5.91 Å². The first kappa shape index (κ1) is 14.5. The van der Waals surface area contributed by atoms with Crippen molar-refractivity contribution in [3.63, 3.8) is 0 Å². The quantitative estimate of drug-likeness (QED) is 0.809. The third kappa shape index (κ3) is 4.04. The van der Waals surface area contributed by atoms with E-state index in [9.17, 15) is 4.79 Å². The first-order valence-electron chi connectivity index (χ1n) is 5.90. The van der Waals surface area contributed by atoms with Crippen LogP contribution in [0.5, 0.6) is 0 Å². The summed E-state index contributed by atoms with van der Waals surface area (Å²) in [4.78, 5) is 19.0. The Morgan fingerprint density at radius 2 is 2.30 bits per heavy atom. The molecular formula is C12H13N5OS2. The van der Waals surface area contributed by atoms with Gasteiger partial charge in [-0.2, -0.15) is 0 Å². The highest BCUT2D eigenvalue weighted by atomic mass is 32.1. The van der Waals surface area contributed by atoms with Crippen molar-refractivity contribution in [1.29, 1.82) is 0 Å². The minimum atomic E-state index is -0.125. The molecular weight excluding hydrogens is 294 g/mol. The Morgan fingerprint density at radius 3 is 2.90 bits per heavy atom. The molecule has 0 fully saturated rings. The molecule has 8 heteroatoms. The van der Waals surface area contributed by atoms with Gasteiger partial charge >= 0.3 is 0 Å². The summed E-state index contributed by atoms with van der Waals surface area (Å²) >= 11 is 5.94. The maximum Gasteiger partial charge on any atom is 0.267 e. The molecule has 0 spiro atoms. The number of pyridine rings is 1. The van der Waals surface area contributed by atoms with Gasteiger partial charge < -0.3 is 10.6 Å². The Labute approximate surface area is 125 Å². The molecule has 0 aliphatic carbocycles. The third-order valence-corrected chi connectivity index (χ3v) is 3.44. The van der Waals surface area contributed by atoms with E-state index >= 15 is 0 Å². The van der Waals surface area contributed by atoms with Crippen LogP contribution in [0.2, 0.25) is 0 Å². The number of nitrogens with two attached hydrogens (primary N) is 1. The zero-order valence-electron chi connectivity index (χ0n) is 10.6. The molecule has 2 aromatic rings. The average Bonchev–Trinajstić information content (AvgIpc) is 2.97. The van der Waals surface area contributed by atoms with Crippen molar-refractivity contribution < 1.29 is 4.79 Å². The summed E-state index contributed by atoms with van der Waals surface area (Å²) < 4.78 is 3.71. The van der Waals surface area contributed by atoms with Gasteiger partial charge in [0, 0.05) is 31.9 Å². The predicted octanol–water partition coefficient (Wildman–Crippen LogP) is 1.25. The number of aromatic nitrogens is 3. The second-order valence-electron chi connectivity index (χ2n) is 4.09. The minimum absolute atomic E-state index is 0.125. The summed E-state index contributed by atoms with van der Waals surface area (Å²) in [6, 6.07) is 3.75. The molecule has 0 aromatic carbocycles. The van der Waals surface area contributed by atoms with Gasteiger partial charge in [0.1, 0.15) is 4.88 Å². The van der Waals surface area contributed by atoms with Crippen molar-refractivity contribution in [3.8, 4) is 0 Å². The highest BCUT2D eigenvalue weighted by molar-refractivity contribution is 7.80. The lowest BCUT2D eigenvalue weighted by Crippen LogP contribution is -2.33. The molecule has 2 rings (SSSR count). The van der Waals surface area contributed by atoms with Crippen LogP contribution >= 0.6 is 23.8 Å². The van der Waals surface area contributed by atoms with Gasteiger partial charge in [0.15, 0.2) is 0 Å². The standard InChI is InChI=1S/C12H13N5OS2/c13-11(19)3-5-17(8-9-2-1-4-14-6-9)12(18)10-7-15-16-20-10/h1-2,4,6-7H,3,5,8H2,(H2,13,19). The second kappa shape index (κ2) is 7.01. The summed E-state index contributed by atoms with van der Waals surface area (Å²) in [5.41, 5.74) is 6.46. The van der Waals surface area contributed by atoms with Gasteiger partial charge in [-0.05, 0) is 23.2 Å². The molecule has 1 amide bonds. The van der Waals surface area contributed by atoms with Crippen LogP contribution in [0.4, 0.5) is 0 Å². The van der Waals surface area contributed by atoms with E-state index in [1.54, 1.807) is 17.3 Å². The van der Waals surface area contributed by atoms with Crippen LogP contribution in [0.1, 0.15) is 21.7 Å². The van der Waals surface area contributed by atoms with Crippen molar-refractivity contribution in [2.75, 3.05) is 6.54 Å². The first-order chi connectivity index (χ1) is 9.66. The number of hydrogen-bond donors (Lipinski definition) is 1. The van der Waals surface area contributed by atoms with Crippen LogP contribution in [0, 0.1) is 0 Å². The van der Waals surface area contributed by atoms with E-state index in [-0.39, 0.29) is 5.91 Å². The number of thiocarbonyl (C=S) groups is 1. The molecule has 2 aromatic heterocycles. The molecule has 0 bridgehead atoms. The molecule has 20 heavy (non-hydrogen) atoms. The summed E-state index contributed by atoms with van der Waals surface area (Å²) in [5, 5.41) is 3.69. The Balaban J connectivity index is 2.12. The molecule has 6 nitrogen and oxygen atoms in total. The van der Waals surface area contributed by atoms with Gasteiger partial charge in [-0.3, -0.25) is 9.78 Å². The van der Waals surface area contributed by atoms with E-state index < -0.39 is 0 Å². The Bertz CT molecular complexity index is 573. The monoisotopic (exact) mass is 307 g/mol. The first-order valence-corrected chi connectivity index (χ1v) is 7.09.